The second kappa shape index (κ2) is 7.32. The van der Waals surface area contributed by atoms with Gasteiger partial charge in [0.15, 0.2) is 0 Å². The number of carbonyl (C=O) groups excluding carboxylic acids is 1. The standard InChI is InChI=1S/C21H16ClN3O3/c22-18-11-10-15(25(27)28)12-17(18)20-23-19-9-5-4-8-16(19)21(26)24(20)13-14-6-2-1-3-7-14/h1-12,20,23H,13H2/t20-/m1/s1. The summed E-state index contributed by atoms with van der Waals surface area (Å²) in [5.41, 5.74) is 2.58. The first-order valence-corrected chi connectivity index (χ1v) is 9.06. The summed E-state index contributed by atoms with van der Waals surface area (Å²) in [7, 11) is 0. The zero-order valence-electron chi connectivity index (χ0n) is 14.7. The first-order chi connectivity index (χ1) is 13.5. The number of benzene rings is 3. The maximum atomic E-state index is 13.2. The van der Waals surface area contributed by atoms with Crippen molar-refractivity contribution in [1.29, 1.82) is 0 Å². The number of nitro groups is 1. The van der Waals surface area contributed by atoms with Crippen molar-refractivity contribution >= 4 is 28.9 Å². The van der Waals surface area contributed by atoms with Crippen LogP contribution in [-0.4, -0.2) is 15.7 Å². The number of fused-ring (bicyclic) bond motifs is 1. The van der Waals surface area contributed by atoms with Crippen molar-refractivity contribution in [3.63, 3.8) is 0 Å². The summed E-state index contributed by atoms with van der Waals surface area (Å²) in [6, 6.07) is 21.0. The number of nitrogens with one attached hydrogen (secondary N) is 1. The Morgan fingerprint density at radius 3 is 2.50 bits per heavy atom. The second-order valence-electron chi connectivity index (χ2n) is 6.47. The van der Waals surface area contributed by atoms with E-state index < -0.39 is 11.1 Å². The third-order valence-electron chi connectivity index (χ3n) is 4.70. The molecule has 1 atom stereocenters. The SMILES string of the molecule is O=C1c2ccccc2N[C@@H](c2cc([N+](=O)[O-])ccc2Cl)N1Cc1ccccc1. The quantitative estimate of drug-likeness (QED) is 0.499. The number of amides is 1. The lowest BCUT2D eigenvalue weighted by Gasteiger charge is -2.38. The van der Waals surface area contributed by atoms with Crippen LogP contribution < -0.4 is 5.32 Å². The highest BCUT2D eigenvalue weighted by molar-refractivity contribution is 6.31. The topological polar surface area (TPSA) is 75.5 Å². The number of rotatable bonds is 4. The first-order valence-electron chi connectivity index (χ1n) is 8.69. The number of hydrogen-bond donors (Lipinski definition) is 1. The van der Waals surface area contributed by atoms with Gasteiger partial charge in [-0.2, -0.15) is 0 Å². The van der Waals surface area contributed by atoms with Gasteiger partial charge in [0.1, 0.15) is 6.17 Å². The Balaban J connectivity index is 1.82. The Kier molecular flexibility index (Phi) is 4.71. The van der Waals surface area contributed by atoms with Crippen LogP contribution in [0, 0.1) is 10.1 Å². The van der Waals surface area contributed by atoms with Crippen LogP contribution in [0.5, 0.6) is 0 Å². The summed E-state index contributed by atoms with van der Waals surface area (Å²) in [5.74, 6) is -0.161. The van der Waals surface area contributed by atoms with Crippen LogP contribution in [-0.2, 0) is 6.54 Å². The molecule has 0 saturated carbocycles. The number of non-ortho nitro benzene ring substituents is 1. The van der Waals surface area contributed by atoms with Gasteiger partial charge < -0.3 is 10.2 Å². The molecule has 1 N–H and O–H groups in total. The van der Waals surface area contributed by atoms with Gasteiger partial charge in [-0.05, 0) is 23.8 Å². The summed E-state index contributed by atoms with van der Waals surface area (Å²) < 4.78 is 0. The average molecular weight is 394 g/mol. The molecule has 0 unspecified atom stereocenters. The number of carbonyl (C=O) groups is 1. The van der Waals surface area contributed by atoms with Gasteiger partial charge in [0, 0.05) is 35.0 Å². The monoisotopic (exact) mass is 393 g/mol. The number of hydrogen-bond acceptors (Lipinski definition) is 4. The summed E-state index contributed by atoms with van der Waals surface area (Å²) >= 11 is 6.38. The lowest BCUT2D eigenvalue weighted by atomic mass is 10.0. The molecule has 140 valence electrons. The van der Waals surface area contributed by atoms with Crippen LogP contribution in [0.2, 0.25) is 5.02 Å². The van der Waals surface area contributed by atoms with E-state index in [9.17, 15) is 14.9 Å². The zero-order chi connectivity index (χ0) is 19.7. The predicted molar refractivity (Wildman–Crippen MR) is 107 cm³/mol. The molecule has 0 saturated heterocycles. The molecule has 0 fully saturated rings. The van der Waals surface area contributed by atoms with E-state index in [0.717, 1.165) is 5.56 Å². The molecule has 3 aromatic rings. The molecule has 0 aromatic heterocycles. The van der Waals surface area contributed by atoms with Crippen molar-refractivity contribution < 1.29 is 9.72 Å². The highest BCUT2D eigenvalue weighted by atomic mass is 35.5. The fraction of sp³-hybridized carbons (Fsp3) is 0.0952. The first kappa shape index (κ1) is 18.0. The van der Waals surface area contributed by atoms with Crippen molar-refractivity contribution in [2.24, 2.45) is 0 Å². The zero-order valence-corrected chi connectivity index (χ0v) is 15.5. The van der Waals surface area contributed by atoms with E-state index in [1.807, 2.05) is 42.5 Å². The van der Waals surface area contributed by atoms with E-state index >= 15 is 0 Å². The molecular formula is C21H16ClN3O3. The predicted octanol–water partition coefficient (Wildman–Crippen LogP) is 5.01. The number of nitro benzene ring substituents is 1. The normalized spacial score (nSPS) is 15.7. The second-order valence-corrected chi connectivity index (χ2v) is 6.88. The van der Waals surface area contributed by atoms with Gasteiger partial charge in [-0.15, -0.1) is 0 Å². The smallest absolute Gasteiger partial charge is 0.269 e. The molecule has 1 amide bonds. The molecule has 6 nitrogen and oxygen atoms in total. The molecule has 0 bridgehead atoms. The van der Waals surface area contributed by atoms with Crippen molar-refractivity contribution in [1.82, 2.24) is 4.90 Å². The van der Waals surface area contributed by atoms with E-state index in [-0.39, 0.29) is 11.6 Å². The van der Waals surface area contributed by atoms with Gasteiger partial charge in [0.2, 0.25) is 0 Å². The number of nitrogens with zero attached hydrogens (tertiary/aromatic N) is 2. The molecule has 3 aromatic carbocycles. The van der Waals surface area contributed by atoms with Gasteiger partial charge in [-0.25, -0.2) is 0 Å². The van der Waals surface area contributed by atoms with Crippen LogP contribution in [0.3, 0.4) is 0 Å². The summed E-state index contributed by atoms with van der Waals surface area (Å²) in [6.07, 6.45) is -0.630. The molecule has 28 heavy (non-hydrogen) atoms. The Morgan fingerprint density at radius 2 is 1.75 bits per heavy atom. The maximum absolute atomic E-state index is 13.2. The van der Waals surface area contributed by atoms with E-state index in [2.05, 4.69) is 5.32 Å². The lowest BCUT2D eigenvalue weighted by molar-refractivity contribution is -0.384. The van der Waals surface area contributed by atoms with Gasteiger partial charge in [-0.1, -0.05) is 54.1 Å². The minimum Gasteiger partial charge on any atom is -0.361 e. The third-order valence-corrected chi connectivity index (χ3v) is 5.05. The molecule has 1 aliphatic rings. The van der Waals surface area contributed by atoms with E-state index in [0.29, 0.717) is 28.4 Å². The van der Waals surface area contributed by atoms with Crippen LogP contribution in [0.4, 0.5) is 11.4 Å². The number of anilines is 1. The number of para-hydroxylation sites is 1. The molecule has 1 heterocycles. The Hall–Kier alpha value is -3.38. The van der Waals surface area contributed by atoms with E-state index in [1.165, 1.54) is 18.2 Å². The Labute approximate surface area is 166 Å². The minimum absolute atomic E-state index is 0.0767. The largest absolute Gasteiger partial charge is 0.361 e. The Morgan fingerprint density at radius 1 is 1.04 bits per heavy atom. The van der Waals surface area contributed by atoms with Gasteiger partial charge >= 0.3 is 0 Å². The minimum atomic E-state index is -0.630. The molecule has 1 aliphatic heterocycles. The van der Waals surface area contributed by atoms with Crippen LogP contribution in [0.25, 0.3) is 0 Å². The third kappa shape index (κ3) is 3.30. The van der Waals surface area contributed by atoms with Gasteiger partial charge in [0.25, 0.3) is 11.6 Å². The van der Waals surface area contributed by atoms with E-state index in [1.54, 1.807) is 17.0 Å². The summed E-state index contributed by atoms with van der Waals surface area (Å²) in [5, 5.41) is 14.9. The summed E-state index contributed by atoms with van der Waals surface area (Å²) in [6.45, 7) is 0.338. The van der Waals surface area contributed by atoms with Crippen molar-refractivity contribution in [2.45, 2.75) is 12.7 Å². The van der Waals surface area contributed by atoms with Crippen molar-refractivity contribution in [3.8, 4) is 0 Å². The van der Waals surface area contributed by atoms with Gasteiger partial charge in [0.05, 0.1) is 10.5 Å². The molecule has 0 spiro atoms. The lowest BCUT2D eigenvalue weighted by Crippen LogP contribution is -2.42. The molecule has 0 radical (unpaired) electrons. The summed E-state index contributed by atoms with van der Waals surface area (Å²) in [4.78, 5) is 25.7. The fourth-order valence-electron chi connectivity index (χ4n) is 3.34. The maximum Gasteiger partial charge on any atom is 0.269 e. The Bertz CT molecular complexity index is 1060. The molecular weight excluding hydrogens is 378 g/mol. The number of halogens is 1. The molecule has 4 rings (SSSR count). The highest BCUT2D eigenvalue weighted by Crippen LogP contribution is 2.38. The van der Waals surface area contributed by atoms with Crippen LogP contribution in [0.1, 0.15) is 27.7 Å². The van der Waals surface area contributed by atoms with Crippen LogP contribution >= 0.6 is 11.6 Å². The van der Waals surface area contributed by atoms with Gasteiger partial charge in [-0.3, -0.25) is 14.9 Å². The molecule has 7 heteroatoms. The fourth-order valence-corrected chi connectivity index (χ4v) is 3.56. The van der Waals surface area contributed by atoms with Crippen molar-refractivity contribution in [3.05, 3.63) is 105 Å². The van der Waals surface area contributed by atoms with Crippen LogP contribution in [0.15, 0.2) is 72.8 Å². The highest BCUT2D eigenvalue weighted by Gasteiger charge is 2.34. The van der Waals surface area contributed by atoms with E-state index in [4.69, 9.17) is 11.6 Å². The molecule has 0 aliphatic carbocycles. The average Bonchev–Trinajstić information content (AvgIpc) is 2.71. The van der Waals surface area contributed by atoms with Crippen molar-refractivity contribution in [2.75, 3.05) is 5.32 Å².